The van der Waals surface area contributed by atoms with Crippen molar-refractivity contribution in [2.45, 2.75) is 38.1 Å². The van der Waals surface area contributed by atoms with Gasteiger partial charge in [-0.1, -0.05) is 42.0 Å². The smallest absolute Gasteiger partial charge is 0.251 e. The molecule has 1 aliphatic heterocycles. The van der Waals surface area contributed by atoms with Crippen molar-refractivity contribution in [2.75, 3.05) is 31.1 Å². The van der Waals surface area contributed by atoms with Crippen molar-refractivity contribution >= 4 is 11.7 Å². The maximum Gasteiger partial charge on any atom is 0.251 e. The van der Waals surface area contributed by atoms with Gasteiger partial charge in [0.1, 0.15) is 5.82 Å². The van der Waals surface area contributed by atoms with Crippen LogP contribution >= 0.6 is 0 Å². The zero-order chi connectivity index (χ0) is 19.9. The summed E-state index contributed by atoms with van der Waals surface area (Å²) in [5, 5.41) is 6.65. The fraction of sp³-hybridized carbons (Fsp3) is 0.417. The minimum Gasteiger partial charge on any atom is -0.353 e. The fourth-order valence-corrected chi connectivity index (χ4v) is 4.17. The Hall–Kier alpha value is -2.66. The second-order valence-electron chi connectivity index (χ2n) is 7.88. The molecule has 2 aromatic rings. The number of anilines is 1. The average molecular weight is 391 g/mol. The predicted molar refractivity (Wildman–Crippen MR) is 117 cm³/mol. The maximum atomic E-state index is 12.6. The summed E-state index contributed by atoms with van der Waals surface area (Å²) in [4.78, 5) is 19.4. The highest BCUT2D eigenvalue weighted by Crippen LogP contribution is 2.22. The van der Waals surface area contributed by atoms with E-state index in [9.17, 15) is 4.79 Å². The third-order valence-corrected chi connectivity index (χ3v) is 5.83. The molecule has 0 bridgehead atoms. The second-order valence-corrected chi connectivity index (χ2v) is 7.88. The lowest BCUT2D eigenvalue weighted by molar-refractivity contribution is 0.0954. The first-order chi connectivity index (χ1) is 14.3. The molecular formula is C24H30N4O. The molecule has 5 nitrogen and oxygen atoms in total. The van der Waals surface area contributed by atoms with Crippen molar-refractivity contribution < 1.29 is 4.79 Å². The topological polar surface area (TPSA) is 57.3 Å². The highest BCUT2D eigenvalue weighted by Gasteiger charge is 2.22. The fourth-order valence-electron chi connectivity index (χ4n) is 4.17. The normalized spacial score (nSPS) is 19.5. The van der Waals surface area contributed by atoms with Crippen LogP contribution in [-0.4, -0.2) is 37.1 Å². The number of hydrogen-bond donors (Lipinski definition) is 2. The van der Waals surface area contributed by atoms with Gasteiger partial charge in [0.2, 0.25) is 0 Å². The van der Waals surface area contributed by atoms with E-state index < -0.39 is 0 Å². The van der Waals surface area contributed by atoms with Crippen molar-refractivity contribution in [3.63, 3.8) is 0 Å². The van der Waals surface area contributed by atoms with Crippen molar-refractivity contribution in [1.29, 1.82) is 0 Å². The molecule has 0 unspecified atom stereocenters. The molecule has 1 atom stereocenters. The highest BCUT2D eigenvalue weighted by atomic mass is 16.1. The summed E-state index contributed by atoms with van der Waals surface area (Å²) in [5.74, 6) is 0.856. The first-order valence-electron chi connectivity index (χ1n) is 10.7. The molecule has 2 aliphatic rings. The van der Waals surface area contributed by atoms with Crippen LogP contribution in [0.4, 0.5) is 5.82 Å². The first kappa shape index (κ1) is 19.6. The predicted octanol–water partition coefficient (Wildman–Crippen LogP) is 3.85. The van der Waals surface area contributed by atoms with Crippen LogP contribution in [0.3, 0.4) is 0 Å². The zero-order valence-corrected chi connectivity index (χ0v) is 16.9. The number of rotatable bonds is 6. The van der Waals surface area contributed by atoms with Gasteiger partial charge in [-0.15, -0.1) is 0 Å². The summed E-state index contributed by atoms with van der Waals surface area (Å²) < 4.78 is 0. The first-order valence-corrected chi connectivity index (χ1v) is 10.7. The molecule has 1 fully saturated rings. The summed E-state index contributed by atoms with van der Waals surface area (Å²) >= 11 is 0. The lowest BCUT2D eigenvalue weighted by Gasteiger charge is -2.34. The van der Waals surface area contributed by atoms with E-state index in [-0.39, 0.29) is 11.9 Å². The maximum absolute atomic E-state index is 12.6. The van der Waals surface area contributed by atoms with Crippen LogP contribution in [-0.2, 0) is 0 Å². The van der Waals surface area contributed by atoms with Gasteiger partial charge < -0.3 is 15.5 Å². The summed E-state index contributed by atoms with van der Waals surface area (Å²) in [6, 6.07) is 14.5. The minimum absolute atomic E-state index is 0.0141. The monoisotopic (exact) mass is 390 g/mol. The van der Waals surface area contributed by atoms with E-state index in [2.05, 4.69) is 50.9 Å². The Morgan fingerprint density at radius 2 is 2.10 bits per heavy atom. The van der Waals surface area contributed by atoms with Crippen LogP contribution in [0.5, 0.6) is 0 Å². The van der Waals surface area contributed by atoms with Crippen LogP contribution in [0.2, 0.25) is 0 Å². The van der Waals surface area contributed by atoms with Crippen molar-refractivity contribution in [3.8, 4) is 0 Å². The second kappa shape index (κ2) is 9.70. The van der Waals surface area contributed by atoms with Crippen LogP contribution in [0, 0.1) is 0 Å². The number of piperazine rings is 1. The molecule has 2 heterocycles. The lowest BCUT2D eigenvalue weighted by atomic mass is 9.97. The third-order valence-electron chi connectivity index (χ3n) is 5.83. The number of nitrogens with zero attached hydrogens (tertiary/aromatic N) is 2. The Morgan fingerprint density at radius 3 is 2.93 bits per heavy atom. The van der Waals surface area contributed by atoms with Gasteiger partial charge in [0, 0.05) is 44.0 Å². The van der Waals surface area contributed by atoms with Gasteiger partial charge in [0.25, 0.3) is 5.91 Å². The van der Waals surface area contributed by atoms with Crippen molar-refractivity contribution in [1.82, 2.24) is 15.6 Å². The van der Waals surface area contributed by atoms with Gasteiger partial charge in [0.05, 0.1) is 0 Å². The lowest BCUT2D eigenvalue weighted by Crippen LogP contribution is -2.46. The van der Waals surface area contributed by atoms with Crippen LogP contribution in [0.1, 0.15) is 54.1 Å². The molecule has 1 aromatic heterocycles. The number of benzene rings is 1. The standard InChI is InChI=1S/C24H30N4O/c29-24(27-13-11-19-7-3-1-4-8-19)21-12-14-26-23(17-21)28-16-15-25-22(18-28)20-9-5-2-6-10-20/h2,5-7,9-10,12,14,17,22,25H,1,3-4,8,11,13,15-16,18H2,(H,27,29)/t22-/m0/s1. The molecular weight excluding hydrogens is 360 g/mol. The van der Waals surface area contributed by atoms with Crippen molar-refractivity contribution in [3.05, 3.63) is 71.4 Å². The molecule has 0 spiro atoms. The van der Waals surface area contributed by atoms with Gasteiger partial charge in [-0.05, 0) is 49.8 Å². The molecule has 1 amide bonds. The van der Waals surface area contributed by atoms with E-state index in [0.717, 1.165) is 31.9 Å². The summed E-state index contributed by atoms with van der Waals surface area (Å²) in [6.07, 6.45) is 9.99. The van der Waals surface area contributed by atoms with E-state index in [1.165, 1.54) is 36.8 Å². The van der Waals surface area contributed by atoms with E-state index in [4.69, 9.17) is 0 Å². The van der Waals surface area contributed by atoms with Gasteiger partial charge in [-0.2, -0.15) is 0 Å². The molecule has 1 saturated heterocycles. The van der Waals surface area contributed by atoms with E-state index in [1.54, 1.807) is 12.3 Å². The molecule has 29 heavy (non-hydrogen) atoms. The van der Waals surface area contributed by atoms with Crippen molar-refractivity contribution in [2.24, 2.45) is 0 Å². The molecule has 5 heteroatoms. The van der Waals surface area contributed by atoms with Gasteiger partial charge in [0.15, 0.2) is 0 Å². The number of pyridine rings is 1. The quantitative estimate of drug-likeness (QED) is 0.736. The van der Waals surface area contributed by atoms with Crippen LogP contribution in [0.15, 0.2) is 60.3 Å². The molecule has 1 aromatic carbocycles. The number of hydrogen-bond acceptors (Lipinski definition) is 4. The van der Waals surface area contributed by atoms with E-state index >= 15 is 0 Å². The van der Waals surface area contributed by atoms with Crippen LogP contribution < -0.4 is 15.5 Å². The molecule has 0 saturated carbocycles. The summed E-state index contributed by atoms with van der Waals surface area (Å²) in [5.41, 5.74) is 3.45. The number of allylic oxidation sites excluding steroid dienone is 1. The van der Waals surface area contributed by atoms with Crippen LogP contribution in [0.25, 0.3) is 0 Å². The number of carbonyl (C=O) groups is 1. The molecule has 0 radical (unpaired) electrons. The zero-order valence-electron chi connectivity index (χ0n) is 16.9. The Kier molecular flexibility index (Phi) is 6.57. The average Bonchev–Trinajstić information content (AvgIpc) is 2.80. The molecule has 1 aliphatic carbocycles. The molecule has 4 rings (SSSR count). The Morgan fingerprint density at radius 1 is 1.21 bits per heavy atom. The van der Waals surface area contributed by atoms with Gasteiger partial charge in [-0.25, -0.2) is 4.98 Å². The minimum atomic E-state index is -0.0141. The van der Waals surface area contributed by atoms with Gasteiger partial charge in [-0.3, -0.25) is 4.79 Å². The molecule has 2 N–H and O–H groups in total. The number of aromatic nitrogens is 1. The van der Waals surface area contributed by atoms with Gasteiger partial charge >= 0.3 is 0 Å². The SMILES string of the molecule is O=C(NCCC1=CCCCC1)c1ccnc(N2CCN[C@H](c3ccccc3)C2)c1. The Bertz CT molecular complexity index is 849. The summed E-state index contributed by atoms with van der Waals surface area (Å²) in [7, 11) is 0. The molecule has 152 valence electrons. The van der Waals surface area contributed by atoms with E-state index in [1.807, 2.05) is 12.1 Å². The Balaban J connectivity index is 1.36. The highest BCUT2D eigenvalue weighted by molar-refractivity contribution is 5.94. The third kappa shape index (κ3) is 5.24. The number of amides is 1. The number of carbonyl (C=O) groups excluding carboxylic acids is 1. The Labute approximate surface area is 173 Å². The summed E-state index contributed by atoms with van der Waals surface area (Å²) in [6.45, 7) is 3.32. The van der Waals surface area contributed by atoms with E-state index in [0.29, 0.717) is 12.1 Å². The largest absolute Gasteiger partial charge is 0.353 e. The number of nitrogens with one attached hydrogen (secondary N) is 2.